The first-order valence-electron chi connectivity index (χ1n) is 5.99. The Hall–Kier alpha value is -1.45. The Morgan fingerprint density at radius 3 is 3.11 bits per heavy atom. The summed E-state index contributed by atoms with van der Waals surface area (Å²) < 4.78 is 7.67. The molecule has 19 heavy (non-hydrogen) atoms. The Bertz CT molecular complexity index is 589. The monoisotopic (exact) mass is 373 g/mol. The predicted octanol–water partition coefficient (Wildman–Crippen LogP) is 1.06. The molecule has 2 aromatic rings. The first-order valence-corrected chi connectivity index (χ1v) is 7.07. The average Bonchev–Trinajstić information content (AvgIpc) is 2.96. The number of nitrogens with one attached hydrogen (secondary N) is 1. The Morgan fingerprint density at radius 1 is 1.58 bits per heavy atom. The first-order chi connectivity index (χ1) is 9.20. The van der Waals surface area contributed by atoms with Crippen LogP contribution in [0, 0.1) is 9.49 Å². The molecule has 1 aliphatic rings. The number of amides is 1. The molecule has 0 spiro atoms. The number of halogens is 1. The normalized spacial score (nSPS) is 14.6. The van der Waals surface area contributed by atoms with Crippen LogP contribution < -0.4 is 5.32 Å². The van der Waals surface area contributed by atoms with Crippen molar-refractivity contribution in [2.75, 3.05) is 6.54 Å². The van der Waals surface area contributed by atoms with Crippen LogP contribution in [-0.2, 0) is 6.54 Å². The second-order valence-electron chi connectivity index (χ2n) is 4.53. The van der Waals surface area contributed by atoms with E-state index < -0.39 is 0 Å². The second kappa shape index (κ2) is 5.27. The Labute approximate surface area is 122 Å². The summed E-state index contributed by atoms with van der Waals surface area (Å²) in [7, 11) is 0. The smallest absolute Gasteiger partial charge is 0.316 e. The van der Waals surface area contributed by atoms with E-state index in [0.717, 1.165) is 3.57 Å². The molecule has 8 heteroatoms. The van der Waals surface area contributed by atoms with Gasteiger partial charge in [0.05, 0.1) is 9.77 Å². The average molecular weight is 373 g/mol. The third-order valence-corrected chi connectivity index (χ3v) is 3.37. The molecule has 0 atom stereocenters. The van der Waals surface area contributed by atoms with Gasteiger partial charge in [-0.2, -0.15) is 10.1 Å². The molecule has 0 aromatic carbocycles. The van der Waals surface area contributed by atoms with Gasteiger partial charge in [-0.05, 0) is 41.4 Å². The molecule has 0 saturated heterocycles. The van der Waals surface area contributed by atoms with Crippen molar-refractivity contribution in [1.82, 2.24) is 25.2 Å². The van der Waals surface area contributed by atoms with Crippen molar-refractivity contribution in [3.63, 3.8) is 0 Å². The topological polar surface area (TPSA) is 85.8 Å². The third kappa shape index (κ3) is 3.31. The van der Waals surface area contributed by atoms with Crippen LogP contribution in [0.2, 0.25) is 0 Å². The maximum absolute atomic E-state index is 11.7. The second-order valence-corrected chi connectivity index (χ2v) is 5.77. The highest BCUT2D eigenvalue weighted by molar-refractivity contribution is 14.1. The van der Waals surface area contributed by atoms with Gasteiger partial charge in [-0.3, -0.25) is 9.48 Å². The minimum absolute atomic E-state index is 0.0116. The van der Waals surface area contributed by atoms with E-state index in [1.54, 1.807) is 10.9 Å². The van der Waals surface area contributed by atoms with Gasteiger partial charge in [0.2, 0.25) is 0 Å². The minimum atomic E-state index is -0.305. The van der Waals surface area contributed by atoms with Crippen molar-refractivity contribution in [1.29, 1.82) is 0 Å². The molecule has 100 valence electrons. The SMILES string of the molecule is O=C(NCC1CC1)c1nc(Cn2cc(I)cn2)no1. The molecule has 1 N–H and O–H groups in total. The fraction of sp³-hybridized carbons (Fsp3) is 0.455. The summed E-state index contributed by atoms with van der Waals surface area (Å²) in [5.74, 6) is 0.770. The Morgan fingerprint density at radius 2 is 2.42 bits per heavy atom. The van der Waals surface area contributed by atoms with E-state index in [1.165, 1.54) is 12.8 Å². The van der Waals surface area contributed by atoms with E-state index >= 15 is 0 Å². The molecule has 0 bridgehead atoms. The molecule has 3 rings (SSSR count). The number of aromatic nitrogens is 4. The zero-order chi connectivity index (χ0) is 13.2. The van der Waals surface area contributed by atoms with Gasteiger partial charge in [0.15, 0.2) is 5.82 Å². The molecule has 0 unspecified atom stereocenters. The van der Waals surface area contributed by atoms with E-state index in [1.807, 2.05) is 6.20 Å². The zero-order valence-corrected chi connectivity index (χ0v) is 12.2. The van der Waals surface area contributed by atoms with E-state index in [2.05, 4.69) is 43.1 Å². The number of rotatable bonds is 5. The van der Waals surface area contributed by atoms with Crippen molar-refractivity contribution in [3.8, 4) is 0 Å². The third-order valence-electron chi connectivity index (χ3n) is 2.82. The molecular formula is C11H12IN5O2. The Balaban J connectivity index is 1.60. The predicted molar refractivity (Wildman–Crippen MR) is 73.4 cm³/mol. The summed E-state index contributed by atoms with van der Waals surface area (Å²) in [4.78, 5) is 15.8. The fourth-order valence-electron chi connectivity index (χ4n) is 1.61. The first kappa shape index (κ1) is 12.6. The van der Waals surface area contributed by atoms with E-state index in [0.29, 0.717) is 24.8 Å². The van der Waals surface area contributed by atoms with Crippen molar-refractivity contribution in [2.45, 2.75) is 19.4 Å². The van der Waals surface area contributed by atoms with E-state index in [4.69, 9.17) is 4.52 Å². The molecule has 2 heterocycles. The van der Waals surface area contributed by atoms with Crippen molar-refractivity contribution in [2.24, 2.45) is 5.92 Å². The van der Waals surface area contributed by atoms with Crippen molar-refractivity contribution >= 4 is 28.5 Å². The lowest BCUT2D eigenvalue weighted by Crippen LogP contribution is -2.25. The number of hydrogen-bond donors (Lipinski definition) is 1. The molecule has 7 nitrogen and oxygen atoms in total. The van der Waals surface area contributed by atoms with Crippen LogP contribution in [0.5, 0.6) is 0 Å². The molecule has 1 aliphatic carbocycles. The summed E-state index contributed by atoms with van der Waals surface area (Å²) in [5.41, 5.74) is 0. The molecule has 0 aliphatic heterocycles. The lowest BCUT2D eigenvalue weighted by Gasteiger charge is -1.98. The van der Waals surface area contributed by atoms with Crippen LogP contribution in [0.1, 0.15) is 29.4 Å². The van der Waals surface area contributed by atoms with Crippen LogP contribution in [0.25, 0.3) is 0 Å². The summed E-state index contributed by atoms with van der Waals surface area (Å²) >= 11 is 2.17. The molecule has 1 saturated carbocycles. The molecule has 0 radical (unpaired) electrons. The molecule has 1 amide bonds. The van der Waals surface area contributed by atoms with Gasteiger partial charge in [-0.1, -0.05) is 5.16 Å². The van der Waals surface area contributed by atoms with Gasteiger partial charge in [0.1, 0.15) is 6.54 Å². The zero-order valence-electron chi connectivity index (χ0n) is 10.0. The highest BCUT2D eigenvalue weighted by atomic mass is 127. The highest BCUT2D eigenvalue weighted by Gasteiger charge is 2.23. The van der Waals surface area contributed by atoms with Gasteiger partial charge in [0.25, 0.3) is 0 Å². The van der Waals surface area contributed by atoms with Crippen molar-refractivity contribution < 1.29 is 9.32 Å². The maximum atomic E-state index is 11.7. The summed E-state index contributed by atoms with van der Waals surface area (Å²) in [6.07, 6.45) is 5.98. The number of nitrogens with zero attached hydrogens (tertiary/aromatic N) is 4. The number of carbonyl (C=O) groups excluding carboxylic acids is 1. The van der Waals surface area contributed by atoms with Gasteiger partial charge in [-0.25, -0.2) is 0 Å². The van der Waals surface area contributed by atoms with Crippen LogP contribution in [0.15, 0.2) is 16.9 Å². The van der Waals surface area contributed by atoms with Crippen molar-refractivity contribution in [3.05, 3.63) is 27.7 Å². The fourth-order valence-corrected chi connectivity index (χ4v) is 2.06. The van der Waals surface area contributed by atoms with E-state index in [9.17, 15) is 4.79 Å². The molecular weight excluding hydrogens is 361 g/mol. The lowest BCUT2D eigenvalue weighted by molar-refractivity contribution is 0.0908. The molecule has 2 aromatic heterocycles. The number of carbonyl (C=O) groups is 1. The number of hydrogen-bond acceptors (Lipinski definition) is 5. The van der Waals surface area contributed by atoms with Gasteiger partial charge in [0, 0.05) is 12.7 Å². The van der Waals surface area contributed by atoms with Gasteiger partial charge < -0.3 is 9.84 Å². The van der Waals surface area contributed by atoms with E-state index in [-0.39, 0.29) is 11.8 Å². The summed E-state index contributed by atoms with van der Waals surface area (Å²) in [5, 5.41) is 10.7. The lowest BCUT2D eigenvalue weighted by atomic mass is 10.4. The maximum Gasteiger partial charge on any atom is 0.316 e. The van der Waals surface area contributed by atoms with Gasteiger partial charge >= 0.3 is 11.8 Å². The molecule has 1 fully saturated rings. The van der Waals surface area contributed by atoms with Crippen LogP contribution in [0.3, 0.4) is 0 Å². The van der Waals surface area contributed by atoms with Crippen LogP contribution >= 0.6 is 22.6 Å². The van der Waals surface area contributed by atoms with Gasteiger partial charge in [-0.15, -0.1) is 0 Å². The van der Waals surface area contributed by atoms with Crippen LogP contribution in [0.4, 0.5) is 0 Å². The Kier molecular flexibility index (Phi) is 3.49. The quantitative estimate of drug-likeness (QED) is 0.793. The standard InChI is InChI=1S/C11H12IN5O2/c12-8-4-14-17(5-8)6-9-15-11(19-16-9)10(18)13-3-7-1-2-7/h4-5,7H,1-3,6H2,(H,13,18). The highest BCUT2D eigenvalue weighted by Crippen LogP contribution is 2.27. The summed E-state index contributed by atoms with van der Waals surface area (Å²) in [6.45, 7) is 1.08. The summed E-state index contributed by atoms with van der Waals surface area (Å²) in [6, 6.07) is 0. The van der Waals surface area contributed by atoms with Crippen LogP contribution in [-0.4, -0.2) is 32.4 Å². The largest absolute Gasteiger partial charge is 0.348 e. The minimum Gasteiger partial charge on any atom is -0.348 e.